The van der Waals surface area contributed by atoms with Crippen LogP contribution in [0.2, 0.25) is 0 Å². The summed E-state index contributed by atoms with van der Waals surface area (Å²) in [6.07, 6.45) is 4.99. The summed E-state index contributed by atoms with van der Waals surface area (Å²) in [5.41, 5.74) is 0.796. The Bertz CT molecular complexity index is 261. The topological polar surface area (TPSA) is 32.3 Å². The Kier molecular flexibility index (Phi) is 4.59. The predicted molar refractivity (Wildman–Crippen MR) is 71.9 cm³/mol. The second-order valence-corrected chi connectivity index (χ2v) is 6.99. The van der Waals surface area contributed by atoms with Gasteiger partial charge in [-0.2, -0.15) is 0 Å². The van der Waals surface area contributed by atoms with Crippen molar-refractivity contribution in [1.29, 1.82) is 0 Å². The van der Waals surface area contributed by atoms with Crippen LogP contribution in [0.4, 0.5) is 0 Å². The lowest BCUT2D eigenvalue weighted by atomic mass is 9.66. The molecular weight excluding hydrogens is 212 g/mol. The predicted octanol–water partition coefficient (Wildman–Crippen LogP) is 2.27. The Morgan fingerprint density at radius 3 is 2.12 bits per heavy atom. The fourth-order valence-corrected chi connectivity index (χ4v) is 2.36. The fraction of sp³-hybridized carbons (Fsp3) is 0.929. The van der Waals surface area contributed by atoms with Crippen LogP contribution in [0.3, 0.4) is 0 Å². The molecule has 0 saturated heterocycles. The van der Waals surface area contributed by atoms with Gasteiger partial charge >= 0.3 is 0 Å². The number of rotatable bonds is 4. The zero-order valence-corrected chi connectivity index (χ0v) is 12.1. The smallest absolute Gasteiger partial charge is 0.234 e. The van der Waals surface area contributed by atoms with Crippen LogP contribution in [0.5, 0.6) is 0 Å². The Morgan fingerprint density at radius 2 is 1.65 bits per heavy atom. The summed E-state index contributed by atoms with van der Waals surface area (Å²) in [4.78, 5) is 13.5. The van der Waals surface area contributed by atoms with Crippen LogP contribution in [-0.2, 0) is 4.79 Å². The van der Waals surface area contributed by atoms with Crippen molar-refractivity contribution in [2.45, 2.75) is 46.5 Å². The maximum atomic E-state index is 11.6. The van der Waals surface area contributed by atoms with Crippen LogP contribution in [0.25, 0.3) is 0 Å². The van der Waals surface area contributed by atoms with Gasteiger partial charge < -0.3 is 10.2 Å². The SMILES string of the molecule is CN(C)CC(=O)NCC1(C)CCC(C)(C)CC1. The summed E-state index contributed by atoms with van der Waals surface area (Å²) in [6, 6.07) is 0. The van der Waals surface area contributed by atoms with Crippen LogP contribution in [0.15, 0.2) is 0 Å². The van der Waals surface area contributed by atoms with Crippen molar-refractivity contribution in [3.63, 3.8) is 0 Å². The van der Waals surface area contributed by atoms with E-state index < -0.39 is 0 Å². The van der Waals surface area contributed by atoms with Crippen molar-refractivity contribution in [1.82, 2.24) is 10.2 Å². The van der Waals surface area contributed by atoms with Gasteiger partial charge in [0.15, 0.2) is 0 Å². The van der Waals surface area contributed by atoms with Crippen molar-refractivity contribution in [2.75, 3.05) is 27.2 Å². The molecule has 1 N–H and O–H groups in total. The average Bonchev–Trinajstić information content (AvgIpc) is 2.20. The Labute approximate surface area is 106 Å². The third-order valence-electron chi connectivity index (χ3n) is 3.98. The minimum absolute atomic E-state index is 0.140. The lowest BCUT2D eigenvalue weighted by Gasteiger charge is -2.41. The third kappa shape index (κ3) is 5.07. The molecule has 3 nitrogen and oxygen atoms in total. The molecule has 0 aromatic rings. The minimum atomic E-state index is 0.140. The van der Waals surface area contributed by atoms with Gasteiger partial charge in [0.05, 0.1) is 6.54 Å². The quantitative estimate of drug-likeness (QED) is 0.817. The minimum Gasteiger partial charge on any atom is -0.354 e. The number of hydrogen-bond acceptors (Lipinski definition) is 2. The first-order valence-corrected chi connectivity index (χ1v) is 6.64. The summed E-state index contributed by atoms with van der Waals surface area (Å²) in [6.45, 7) is 8.31. The van der Waals surface area contributed by atoms with Crippen LogP contribution < -0.4 is 5.32 Å². The number of nitrogens with one attached hydrogen (secondary N) is 1. The molecule has 1 saturated carbocycles. The van der Waals surface area contributed by atoms with Crippen molar-refractivity contribution in [3.8, 4) is 0 Å². The number of amides is 1. The van der Waals surface area contributed by atoms with E-state index in [9.17, 15) is 4.79 Å². The van der Waals surface area contributed by atoms with Crippen LogP contribution in [0.1, 0.15) is 46.5 Å². The lowest BCUT2D eigenvalue weighted by Crippen LogP contribution is -2.42. The van der Waals surface area contributed by atoms with Gasteiger partial charge in [0.25, 0.3) is 0 Å². The molecular formula is C14H28N2O. The molecule has 1 rings (SSSR count). The highest BCUT2D eigenvalue weighted by atomic mass is 16.2. The Morgan fingerprint density at radius 1 is 1.12 bits per heavy atom. The van der Waals surface area contributed by atoms with Gasteiger partial charge in [0, 0.05) is 6.54 Å². The second kappa shape index (κ2) is 5.38. The summed E-state index contributed by atoms with van der Waals surface area (Å²) in [5.74, 6) is 0.140. The summed E-state index contributed by atoms with van der Waals surface area (Å²) < 4.78 is 0. The molecule has 0 atom stereocenters. The number of hydrogen-bond donors (Lipinski definition) is 1. The number of likely N-dealkylation sites (N-methyl/N-ethyl adjacent to an activating group) is 1. The summed E-state index contributed by atoms with van der Waals surface area (Å²) in [5, 5.41) is 3.07. The number of carbonyl (C=O) groups is 1. The van der Waals surface area contributed by atoms with Gasteiger partial charge in [-0.1, -0.05) is 20.8 Å². The van der Waals surface area contributed by atoms with E-state index >= 15 is 0 Å². The lowest BCUT2D eigenvalue weighted by molar-refractivity contribution is -0.122. The van der Waals surface area contributed by atoms with E-state index in [1.165, 1.54) is 25.7 Å². The third-order valence-corrected chi connectivity index (χ3v) is 3.98. The van der Waals surface area contributed by atoms with Crippen molar-refractivity contribution in [2.24, 2.45) is 10.8 Å². The van der Waals surface area contributed by atoms with E-state index in [2.05, 4.69) is 26.1 Å². The maximum Gasteiger partial charge on any atom is 0.234 e. The van der Waals surface area contributed by atoms with E-state index in [1.54, 1.807) is 0 Å². The van der Waals surface area contributed by atoms with E-state index in [0.29, 0.717) is 17.4 Å². The van der Waals surface area contributed by atoms with Crippen molar-refractivity contribution in [3.05, 3.63) is 0 Å². The second-order valence-electron chi connectivity index (χ2n) is 6.99. The summed E-state index contributed by atoms with van der Waals surface area (Å²) >= 11 is 0. The van der Waals surface area contributed by atoms with Gasteiger partial charge in [-0.05, 0) is 50.6 Å². The normalized spacial score (nSPS) is 22.5. The molecule has 1 aliphatic rings. The largest absolute Gasteiger partial charge is 0.354 e. The van der Waals surface area contributed by atoms with Gasteiger partial charge in [-0.15, -0.1) is 0 Å². The standard InChI is InChI=1S/C14H28N2O/c1-13(2)6-8-14(3,9-7-13)11-15-12(17)10-16(4)5/h6-11H2,1-5H3,(H,15,17). The first-order valence-electron chi connectivity index (χ1n) is 6.64. The molecule has 100 valence electrons. The molecule has 1 amide bonds. The monoisotopic (exact) mass is 240 g/mol. The van der Waals surface area contributed by atoms with Gasteiger partial charge in [-0.25, -0.2) is 0 Å². The molecule has 17 heavy (non-hydrogen) atoms. The molecule has 0 aromatic heterocycles. The molecule has 3 heteroatoms. The van der Waals surface area contributed by atoms with Crippen LogP contribution in [-0.4, -0.2) is 38.0 Å². The van der Waals surface area contributed by atoms with Crippen molar-refractivity contribution < 1.29 is 4.79 Å². The first-order chi connectivity index (χ1) is 7.72. The van der Waals surface area contributed by atoms with Gasteiger partial charge in [0.1, 0.15) is 0 Å². The molecule has 0 heterocycles. The molecule has 0 radical (unpaired) electrons. The number of nitrogens with zero attached hydrogens (tertiary/aromatic N) is 1. The zero-order valence-electron chi connectivity index (χ0n) is 12.1. The highest BCUT2D eigenvalue weighted by Gasteiger charge is 2.34. The zero-order chi connectivity index (χ0) is 13.1. The molecule has 0 aromatic carbocycles. The molecule has 0 aliphatic heterocycles. The molecule has 1 fully saturated rings. The fourth-order valence-electron chi connectivity index (χ4n) is 2.36. The van der Waals surface area contributed by atoms with Crippen molar-refractivity contribution >= 4 is 5.91 Å². The van der Waals surface area contributed by atoms with E-state index in [-0.39, 0.29) is 5.91 Å². The highest BCUT2D eigenvalue weighted by Crippen LogP contribution is 2.44. The Balaban J connectivity index is 2.34. The highest BCUT2D eigenvalue weighted by molar-refractivity contribution is 5.77. The Hall–Kier alpha value is -0.570. The average molecular weight is 240 g/mol. The van der Waals surface area contributed by atoms with Crippen LogP contribution in [0, 0.1) is 10.8 Å². The molecule has 0 bridgehead atoms. The van der Waals surface area contributed by atoms with Gasteiger partial charge in [-0.3, -0.25) is 4.79 Å². The van der Waals surface area contributed by atoms with Gasteiger partial charge in [0.2, 0.25) is 5.91 Å². The van der Waals surface area contributed by atoms with E-state index in [4.69, 9.17) is 0 Å². The molecule has 1 aliphatic carbocycles. The van der Waals surface area contributed by atoms with Crippen LogP contribution >= 0.6 is 0 Å². The van der Waals surface area contributed by atoms with E-state index in [0.717, 1.165) is 6.54 Å². The maximum absolute atomic E-state index is 11.6. The first kappa shape index (κ1) is 14.5. The molecule has 0 spiro atoms. The van der Waals surface area contributed by atoms with E-state index in [1.807, 2.05) is 19.0 Å². The summed E-state index contributed by atoms with van der Waals surface area (Å²) in [7, 11) is 3.84. The molecule has 0 unspecified atom stereocenters. The number of carbonyl (C=O) groups excluding carboxylic acids is 1.